The molecular weight excluding hydrogens is 532 g/mol. The first-order valence-corrected chi connectivity index (χ1v) is 14.2. The van der Waals surface area contributed by atoms with Crippen LogP contribution in [-0.2, 0) is 10.0 Å². The van der Waals surface area contributed by atoms with Gasteiger partial charge in [0.15, 0.2) is 0 Å². The molecule has 1 aliphatic heterocycles. The van der Waals surface area contributed by atoms with Crippen LogP contribution >= 0.6 is 27.3 Å². The molecule has 0 radical (unpaired) electrons. The van der Waals surface area contributed by atoms with Gasteiger partial charge in [0.2, 0.25) is 10.0 Å². The minimum atomic E-state index is -3.43. The maximum Gasteiger partial charge on any atom is 0.243 e. The van der Waals surface area contributed by atoms with Crippen LogP contribution in [0, 0.1) is 0 Å². The molecule has 5 nitrogen and oxygen atoms in total. The van der Waals surface area contributed by atoms with E-state index < -0.39 is 10.0 Å². The highest BCUT2D eigenvalue weighted by Crippen LogP contribution is 2.32. The topological polar surface area (TPSA) is 59.5 Å². The molecule has 2 heterocycles. The molecule has 1 aromatic heterocycles. The van der Waals surface area contributed by atoms with E-state index in [9.17, 15) is 8.42 Å². The van der Waals surface area contributed by atoms with Gasteiger partial charge in [0.25, 0.3) is 0 Å². The van der Waals surface area contributed by atoms with Crippen LogP contribution in [0.1, 0.15) is 19.3 Å². The van der Waals surface area contributed by atoms with Crippen molar-refractivity contribution in [3.8, 4) is 33.3 Å². The summed E-state index contributed by atoms with van der Waals surface area (Å²) in [5, 5.41) is 2.89. The smallest absolute Gasteiger partial charge is 0.243 e. The summed E-state index contributed by atoms with van der Waals surface area (Å²) < 4.78 is 34.3. The summed E-state index contributed by atoms with van der Waals surface area (Å²) in [4.78, 5) is 5.11. The Labute approximate surface area is 212 Å². The highest BCUT2D eigenvalue weighted by molar-refractivity contribution is 9.10. The number of thiazole rings is 1. The van der Waals surface area contributed by atoms with Gasteiger partial charge in [-0.1, -0.05) is 34.5 Å². The number of benzene rings is 3. The largest absolute Gasteiger partial charge is 0.457 e. The maximum atomic E-state index is 12.9. The van der Waals surface area contributed by atoms with E-state index >= 15 is 0 Å². The SMILES string of the molecule is O=S(=O)(c1ccc(-c2csc(-c3ccc(Oc4ccc(Br)cc4)cc3)n2)cc1)N1CCCCC1. The molecule has 0 N–H and O–H groups in total. The molecule has 8 heteroatoms. The summed E-state index contributed by atoms with van der Waals surface area (Å²) in [7, 11) is -3.43. The normalized spacial score (nSPS) is 14.7. The highest BCUT2D eigenvalue weighted by atomic mass is 79.9. The summed E-state index contributed by atoms with van der Waals surface area (Å²) in [5.74, 6) is 1.53. The van der Waals surface area contributed by atoms with Crippen molar-refractivity contribution < 1.29 is 13.2 Å². The van der Waals surface area contributed by atoms with Crippen molar-refractivity contribution in [3.63, 3.8) is 0 Å². The molecule has 5 rings (SSSR count). The quantitative estimate of drug-likeness (QED) is 0.252. The van der Waals surface area contributed by atoms with Crippen LogP contribution in [0.5, 0.6) is 11.5 Å². The van der Waals surface area contributed by atoms with Crippen molar-refractivity contribution in [3.05, 3.63) is 82.6 Å². The molecule has 4 aromatic rings. The predicted molar refractivity (Wildman–Crippen MR) is 140 cm³/mol. The van der Waals surface area contributed by atoms with Crippen molar-refractivity contribution >= 4 is 37.3 Å². The molecule has 0 aliphatic carbocycles. The molecule has 0 saturated carbocycles. The fourth-order valence-corrected chi connectivity index (χ4v) is 6.51. The number of ether oxygens (including phenoxy) is 1. The van der Waals surface area contributed by atoms with E-state index in [1.165, 1.54) is 0 Å². The highest BCUT2D eigenvalue weighted by Gasteiger charge is 2.25. The van der Waals surface area contributed by atoms with Crippen molar-refractivity contribution in [2.45, 2.75) is 24.2 Å². The third-order valence-electron chi connectivity index (χ3n) is 5.76. The molecule has 174 valence electrons. The molecule has 0 spiro atoms. The zero-order valence-corrected chi connectivity index (χ0v) is 21.6. The van der Waals surface area contributed by atoms with Crippen molar-refractivity contribution in [1.29, 1.82) is 0 Å². The van der Waals surface area contributed by atoms with E-state index in [1.54, 1.807) is 27.8 Å². The van der Waals surface area contributed by atoms with Crippen molar-refractivity contribution in [2.75, 3.05) is 13.1 Å². The Morgan fingerprint density at radius 3 is 2.03 bits per heavy atom. The fraction of sp³-hybridized carbons (Fsp3) is 0.192. The van der Waals surface area contributed by atoms with Gasteiger partial charge >= 0.3 is 0 Å². The summed E-state index contributed by atoms with van der Waals surface area (Å²) in [5.41, 5.74) is 2.73. The Balaban J connectivity index is 1.29. The van der Waals surface area contributed by atoms with E-state index in [2.05, 4.69) is 15.9 Å². The van der Waals surface area contributed by atoms with Gasteiger partial charge in [-0.05, 0) is 73.5 Å². The molecule has 34 heavy (non-hydrogen) atoms. The summed E-state index contributed by atoms with van der Waals surface area (Å²) >= 11 is 4.98. The lowest BCUT2D eigenvalue weighted by Crippen LogP contribution is -2.35. The van der Waals surface area contributed by atoms with Crippen molar-refractivity contribution in [1.82, 2.24) is 9.29 Å². The standard InChI is InChI=1S/C26H23BrN2O3S2/c27-21-8-12-23(13-9-21)32-22-10-4-20(5-11-22)26-28-25(18-33-26)19-6-14-24(15-7-19)34(30,31)29-16-2-1-3-17-29/h4-15,18H,1-3,16-17H2. The molecule has 1 fully saturated rings. The number of hydrogen-bond acceptors (Lipinski definition) is 5. The number of piperidine rings is 1. The molecule has 0 atom stereocenters. The van der Waals surface area contributed by atoms with Crippen LogP contribution in [0.2, 0.25) is 0 Å². The Morgan fingerprint density at radius 2 is 1.38 bits per heavy atom. The molecule has 3 aromatic carbocycles. The zero-order valence-electron chi connectivity index (χ0n) is 18.4. The number of aromatic nitrogens is 1. The first-order chi connectivity index (χ1) is 16.5. The van der Waals surface area contributed by atoms with Crippen LogP contribution in [0.3, 0.4) is 0 Å². The van der Waals surface area contributed by atoms with Crippen LogP contribution in [0.15, 0.2) is 87.5 Å². The van der Waals surface area contributed by atoms with Gasteiger partial charge in [0.1, 0.15) is 16.5 Å². The molecule has 0 amide bonds. The van der Waals surface area contributed by atoms with E-state index in [-0.39, 0.29) is 0 Å². The van der Waals surface area contributed by atoms with Gasteiger partial charge in [-0.15, -0.1) is 11.3 Å². The van der Waals surface area contributed by atoms with E-state index in [0.717, 1.165) is 57.1 Å². The third kappa shape index (κ3) is 5.10. The molecule has 0 unspecified atom stereocenters. The molecule has 0 bridgehead atoms. The second kappa shape index (κ2) is 10.00. The maximum absolute atomic E-state index is 12.9. The zero-order chi connectivity index (χ0) is 23.5. The Morgan fingerprint density at radius 1 is 0.794 bits per heavy atom. The molecule has 1 aliphatic rings. The van der Waals surface area contributed by atoms with Crippen LogP contribution in [0.4, 0.5) is 0 Å². The monoisotopic (exact) mass is 554 g/mol. The third-order valence-corrected chi connectivity index (χ3v) is 9.09. The number of hydrogen-bond donors (Lipinski definition) is 0. The lowest BCUT2D eigenvalue weighted by Gasteiger charge is -2.25. The first kappa shape index (κ1) is 23.2. The van der Waals surface area contributed by atoms with E-state index in [1.807, 2.05) is 66.0 Å². The van der Waals surface area contributed by atoms with Crippen molar-refractivity contribution in [2.24, 2.45) is 0 Å². The number of nitrogens with zero attached hydrogens (tertiary/aromatic N) is 2. The Kier molecular flexibility index (Phi) is 6.83. The average molecular weight is 556 g/mol. The minimum absolute atomic E-state index is 0.343. The second-order valence-corrected chi connectivity index (χ2v) is 11.8. The van der Waals surface area contributed by atoms with Crippen LogP contribution in [0.25, 0.3) is 21.8 Å². The minimum Gasteiger partial charge on any atom is -0.457 e. The van der Waals surface area contributed by atoms with Gasteiger partial charge in [0.05, 0.1) is 10.6 Å². The van der Waals surface area contributed by atoms with E-state index in [0.29, 0.717) is 18.0 Å². The van der Waals surface area contributed by atoms with Gasteiger partial charge in [-0.2, -0.15) is 4.31 Å². The summed E-state index contributed by atoms with van der Waals surface area (Å²) in [6.07, 6.45) is 2.95. The van der Waals surface area contributed by atoms with Crippen LogP contribution in [-0.4, -0.2) is 30.8 Å². The summed E-state index contributed by atoms with van der Waals surface area (Å²) in [6.45, 7) is 1.21. The average Bonchev–Trinajstić information content (AvgIpc) is 3.37. The van der Waals surface area contributed by atoms with Gasteiger partial charge < -0.3 is 4.74 Å². The Bertz CT molecular complexity index is 1360. The van der Waals surface area contributed by atoms with Gasteiger partial charge in [0, 0.05) is 34.1 Å². The Hall–Kier alpha value is -2.52. The molecule has 1 saturated heterocycles. The lowest BCUT2D eigenvalue weighted by atomic mass is 10.2. The van der Waals surface area contributed by atoms with Crippen LogP contribution < -0.4 is 4.74 Å². The van der Waals surface area contributed by atoms with Gasteiger partial charge in [-0.3, -0.25) is 0 Å². The summed E-state index contributed by atoms with van der Waals surface area (Å²) in [6, 6.07) is 22.6. The predicted octanol–water partition coefficient (Wildman–Crippen LogP) is 7.21. The number of sulfonamides is 1. The first-order valence-electron chi connectivity index (χ1n) is 11.1. The second-order valence-electron chi connectivity index (χ2n) is 8.11. The fourth-order valence-electron chi connectivity index (χ4n) is 3.90. The van der Waals surface area contributed by atoms with E-state index in [4.69, 9.17) is 9.72 Å². The number of rotatable bonds is 6. The van der Waals surface area contributed by atoms with Gasteiger partial charge in [-0.25, -0.2) is 13.4 Å². The number of halogens is 1. The lowest BCUT2D eigenvalue weighted by molar-refractivity contribution is 0.346. The molecular formula is C26H23BrN2O3S2.